The lowest BCUT2D eigenvalue weighted by atomic mass is 10.1. The van der Waals surface area contributed by atoms with Crippen LogP contribution in [0.15, 0.2) is 24.3 Å². The Kier molecular flexibility index (Phi) is 3.42. The fraction of sp³-hybridized carbons (Fsp3) is 0.533. The summed E-state index contributed by atoms with van der Waals surface area (Å²) in [5, 5.41) is 3.03. The number of amides is 1. The van der Waals surface area contributed by atoms with Gasteiger partial charge in [0.05, 0.1) is 0 Å². The van der Waals surface area contributed by atoms with E-state index in [1.54, 1.807) is 18.2 Å². The number of likely N-dealkylation sites (tertiary alicyclic amines) is 1. The molecule has 1 saturated heterocycles. The maximum absolute atomic E-state index is 12.0. The molecule has 1 atom stereocenters. The second kappa shape index (κ2) is 5.21. The summed E-state index contributed by atoms with van der Waals surface area (Å²) in [5.74, 6) is 0.586. The lowest BCUT2D eigenvalue weighted by Crippen LogP contribution is -2.31. The summed E-state index contributed by atoms with van der Waals surface area (Å²) < 4.78 is 0. The van der Waals surface area contributed by atoms with Crippen LogP contribution < -0.4 is 11.1 Å². The van der Waals surface area contributed by atoms with E-state index in [1.807, 2.05) is 6.07 Å². The molecule has 1 heterocycles. The number of benzene rings is 1. The summed E-state index contributed by atoms with van der Waals surface area (Å²) in [6, 6.07) is 7.97. The molecular formula is C15H21N3O. The Labute approximate surface area is 114 Å². The van der Waals surface area contributed by atoms with Crippen molar-refractivity contribution in [3.63, 3.8) is 0 Å². The number of nitrogens with one attached hydrogen (secondary N) is 1. The average molecular weight is 259 g/mol. The third-order valence-corrected chi connectivity index (χ3v) is 4.08. The molecule has 102 valence electrons. The van der Waals surface area contributed by atoms with Crippen LogP contribution in [0, 0.1) is 5.92 Å². The standard InChI is InChI=1S/C15H21N3O/c16-13-3-1-2-12(8-13)15(19)17-9-11-6-7-18(10-11)14-4-5-14/h1-3,8,11,14H,4-7,9-10,16H2,(H,17,19). The molecule has 1 aliphatic heterocycles. The van der Waals surface area contributed by atoms with Crippen molar-refractivity contribution in [1.82, 2.24) is 10.2 Å². The van der Waals surface area contributed by atoms with Crippen LogP contribution in [-0.4, -0.2) is 36.5 Å². The SMILES string of the molecule is Nc1cccc(C(=O)NCC2CCN(C3CC3)C2)c1. The number of hydrogen-bond acceptors (Lipinski definition) is 3. The van der Waals surface area contributed by atoms with Gasteiger partial charge in [-0.1, -0.05) is 6.07 Å². The molecule has 0 radical (unpaired) electrons. The van der Waals surface area contributed by atoms with Crippen molar-refractivity contribution in [2.45, 2.75) is 25.3 Å². The molecule has 4 nitrogen and oxygen atoms in total. The molecule has 1 aliphatic carbocycles. The van der Waals surface area contributed by atoms with Gasteiger partial charge in [-0.2, -0.15) is 0 Å². The maximum Gasteiger partial charge on any atom is 0.251 e. The highest BCUT2D eigenvalue weighted by atomic mass is 16.1. The number of rotatable bonds is 4. The Morgan fingerprint density at radius 3 is 2.95 bits per heavy atom. The van der Waals surface area contributed by atoms with Crippen molar-refractivity contribution >= 4 is 11.6 Å². The largest absolute Gasteiger partial charge is 0.399 e. The van der Waals surface area contributed by atoms with Crippen molar-refractivity contribution in [2.75, 3.05) is 25.4 Å². The lowest BCUT2D eigenvalue weighted by molar-refractivity contribution is 0.0947. The highest BCUT2D eigenvalue weighted by molar-refractivity contribution is 5.94. The summed E-state index contributed by atoms with van der Waals surface area (Å²) in [7, 11) is 0. The first-order chi connectivity index (χ1) is 9.22. The van der Waals surface area contributed by atoms with E-state index in [0.29, 0.717) is 17.2 Å². The van der Waals surface area contributed by atoms with Crippen LogP contribution in [0.2, 0.25) is 0 Å². The molecule has 1 saturated carbocycles. The van der Waals surface area contributed by atoms with Gasteiger partial charge < -0.3 is 16.0 Å². The van der Waals surface area contributed by atoms with Gasteiger partial charge in [0.15, 0.2) is 0 Å². The molecule has 1 unspecified atom stereocenters. The van der Waals surface area contributed by atoms with E-state index >= 15 is 0 Å². The first-order valence-electron chi connectivity index (χ1n) is 7.10. The fourth-order valence-corrected chi connectivity index (χ4v) is 2.82. The zero-order valence-corrected chi connectivity index (χ0v) is 11.1. The Hall–Kier alpha value is -1.55. The summed E-state index contributed by atoms with van der Waals surface area (Å²) >= 11 is 0. The van der Waals surface area contributed by atoms with E-state index in [1.165, 1.54) is 25.8 Å². The minimum absolute atomic E-state index is 0.0165. The number of nitrogens with zero attached hydrogens (tertiary/aromatic N) is 1. The van der Waals surface area contributed by atoms with Crippen molar-refractivity contribution in [1.29, 1.82) is 0 Å². The molecule has 0 bridgehead atoms. The number of anilines is 1. The van der Waals surface area contributed by atoms with Gasteiger partial charge in [0, 0.05) is 30.4 Å². The van der Waals surface area contributed by atoms with E-state index < -0.39 is 0 Å². The predicted molar refractivity (Wildman–Crippen MR) is 75.9 cm³/mol. The van der Waals surface area contributed by atoms with E-state index in [9.17, 15) is 4.79 Å². The molecule has 3 N–H and O–H groups in total. The molecule has 3 rings (SSSR count). The molecule has 0 spiro atoms. The van der Waals surface area contributed by atoms with Crippen molar-refractivity contribution in [3.8, 4) is 0 Å². The molecule has 2 aliphatic rings. The normalized spacial score (nSPS) is 23.5. The zero-order valence-electron chi connectivity index (χ0n) is 11.1. The number of carbonyl (C=O) groups is 1. The van der Waals surface area contributed by atoms with Crippen LogP contribution >= 0.6 is 0 Å². The second-order valence-corrected chi connectivity index (χ2v) is 5.72. The minimum Gasteiger partial charge on any atom is -0.399 e. The summed E-state index contributed by atoms with van der Waals surface area (Å²) in [5.41, 5.74) is 6.97. The van der Waals surface area contributed by atoms with E-state index in [2.05, 4.69) is 10.2 Å². The third kappa shape index (κ3) is 3.07. The Balaban J connectivity index is 1.48. The molecule has 19 heavy (non-hydrogen) atoms. The molecule has 1 amide bonds. The smallest absolute Gasteiger partial charge is 0.251 e. The number of hydrogen-bond donors (Lipinski definition) is 2. The summed E-state index contributed by atoms with van der Waals surface area (Å²) in [4.78, 5) is 14.6. The van der Waals surface area contributed by atoms with Crippen LogP contribution in [0.4, 0.5) is 5.69 Å². The first-order valence-corrected chi connectivity index (χ1v) is 7.10. The summed E-state index contributed by atoms with van der Waals surface area (Å²) in [6.45, 7) is 3.11. The Morgan fingerprint density at radius 1 is 1.37 bits per heavy atom. The van der Waals surface area contributed by atoms with Gasteiger partial charge in [0.25, 0.3) is 5.91 Å². The topological polar surface area (TPSA) is 58.4 Å². The molecule has 2 fully saturated rings. The Morgan fingerprint density at radius 2 is 2.21 bits per heavy atom. The average Bonchev–Trinajstić information content (AvgIpc) is 3.15. The minimum atomic E-state index is -0.0165. The Bertz CT molecular complexity index is 470. The van der Waals surface area contributed by atoms with Gasteiger partial charge >= 0.3 is 0 Å². The predicted octanol–water partition coefficient (Wildman–Crippen LogP) is 1.48. The van der Waals surface area contributed by atoms with E-state index in [4.69, 9.17) is 5.73 Å². The quantitative estimate of drug-likeness (QED) is 0.805. The van der Waals surface area contributed by atoms with Crippen molar-refractivity contribution in [2.24, 2.45) is 5.92 Å². The van der Waals surface area contributed by atoms with Crippen molar-refractivity contribution < 1.29 is 4.79 Å². The van der Waals surface area contributed by atoms with Gasteiger partial charge in [-0.15, -0.1) is 0 Å². The van der Waals surface area contributed by atoms with Crippen LogP contribution in [-0.2, 0) is 0 Å². The number of nitrogens with two attached hydrogens (primary N) is 1. The van der Waals surface area contributed by atoms with Crippen LogP contribution in [0.5, 0.6) is 0 Å². The second-order valence-electron chi connectivity index (χ2n) is 5.72. The first kappa shape index (κ1) is 12.5. The van der Waals surface area contributed by atoms with E-state index in [0.717, 1.165) is 19.1 Å². The fourth-order valence-electron chi connectivity index (χ4n) is 2.82. The highest BCUT2D eigenvalue weighted by Crippen LogP contribution is 2.31. The molecule has 4 heteroatoms. The van der Waals surface area contributed by atoms with Gasteiger partial charge in [-0.05, 0) is 49.9 Å². The lowest BCUT2D eigenvalue weighted by Gasteiger charge is -2.15. The highest BCUT2D eigenvalue weighted by Gasteiger charge is 2.34. The molecular weight excluding hydrogens is 238 g/mol. The molecule has 1 aromatic rings. The van der Waals surface area contributed by atoms with Gasteiger partial charge in [-0.25, -0.2) is 0 Å². The zero-order chi connectivity index (χ0) is 13.2. The van der Waals surface area contributed by atoms with Crippen LogP contribution in [0.25, 0.3) is 0 Å². The summed E-state index contributed by atoms with van der Waals surface area (Å²) in [6.07, 6.45) is 3.93. The maximum atomic E-state index is 12.0. The van der Waals surface area contributed by atoms with Crippen LogP contribution in [0.3, 0.4) is 0 Å². The molecule has 1 aromatic carbocycles. The monoisotopic (exact) mass is 259 g/mol. The molecule has 0 aromatic heterocycles. The van der Waals surface area contributed by atoms with Crippen LogP contribution in [0.1, 0.15) is 29.6 Å². The van der Waals surface area contributed by atoms with Gasteiger partial charge in [0.1, 0.15) is 0 Å². The number of carbonyl (C=O) groups excluding carboxylic acids is 1. The number of nitrogen functional groups attached to an aromatic ring is 1. The third-order valence-electron chi connectivity index (χ3n) is 4.08. The van der Waals surface area contributed by atoms with Gasteiger partial charge in [0.2, 0.25) is 0 Å². The van der Waals surface area contributed by atoms with E-state index in [-0.39, 0.29) is 5.91 Å². The van der Waals surface area contributed by atoms with Gasteiger partial charge in [-0.3, -0.25) is 4.79 Å². The van der Waals surface area contributed by atoms with Crippen molar-refractivity contribution in [3.05, 3.63) is 29.8 Å².